The first-order valence-corrected chi connectivity index (χ1v) is 6.73. The van der Waals surface area contributed by atoms with Gasteiger partial charge in [0, 0.05) is 11.8 Å². The number of aromatic nitrogens is 2. The van der Waals surface area contributed by atoms with Gasteiger partial charge in [0.2, 0.25) is 0 Å². The molecule has 0 fully saturated rings. The second-order valence-electron chi connectivity index (χ2n) is 4.55. The van der Waals surface area contributed by atoms with Crippen LogP contribution in [0.3, 0.4) is 0 Å². The predicted molar refractivity (Wildman–Crippen MR) is 75.0 cm³/mol. The topological polar surface area (TPSA) is 35.0 Å². The third-order valence-corrected chi connectivity index (χ3v) is 3.19. The van der Waals surface area contributed by atoms with Crippen molar-refractivity contribution in [1.82, 2.24) is 9.97 Å². The van der Waals surface area contributed by atoms with Gasteiger partial charge in [-0.3, -0.25) is 0 Å². The second kappa shape index (κ2) is 5.65. The minimum atomic E-state index is -0.366. The Labute approximate surface area is 120 Å². The molecule has 0 spiro atoms. The Balaban J connectivity index is 2.35. The van der Waals surface area contributed by atoms with Crippen LogP contribution in [0, 0.1) is 12.7 Å². The van der Waals surface area contributed by atoms with Gasteiger partial charge in [-0.1, -0.05) is 13.8 Å². The number of hydrogen-bond acceptors (Lipinski definition) is 3. The predicted octanol–water partition coefficient (Wildman–Crippen LogP) is 4.60. The minimum absolute atomic E-state index is 0.231. The molecule has 1 aromatic carbocycles. The highest BCUT2D eigenvalue weighted by Gasteiger charge is 2.10. The van der Waals surface area contributed by atoms with E-state index in [4.69, 9.17) is 4.74 Å². The van der Waals surface area contributed by atoms with Crippen molar-refractivity contribution in [1.29, 1.82) is 0 Å². The lowest BCUT2D eigenvalue weighted by Crippen LogP contribution is -2.00. The van der Waals surface area contributed by atoms with Crippen LogP contribution in [0.1, 0.15) is 31.2 Å². The third kappa shape index (κ3) is 3.50. The molecule has 0 aliphatic heterocycles. The first kappa shape index (κ1) is 13.9. The molecule has 0 saturated heterocycles. The van der Waals surface area contributed by atoms with Gasteiger partial charge >= 0.3 is 6.01 Å². The van der Waals surface area contributed by atoms with E-state index < -0.39 is 0 Å². The smallest absolute Gasteiger partial charge is 0.322 e. The first-order chi connectivity index (χ1) is 8.95. The number of rotatable bonds is 3. The quantitative estimate of drug-likeness (QED) is 0.827. The molecule has 0 saturated carbocycles. The van der Waals surface area contributed by atoms with Gasteiger partial charge in [-0.25, -0.2) is 9.37 Å². The molecule has 0 aliphatic rings. The highest BCUT2D eigenvalue weighted by Crippen LogP contribution is 2.29. The zero-order valence-corrected chi connectivity index (χ0v) is 12.5. The number of halogens is 2. The van der Waals surface area contributed by atoms with E-state index in [0.29, 0.717) is 10.2 Å². The number of ether oxygens (including phenoxy) is 1. The van der Waals surface area contributed by atoms with E-state index in [1.165, 1.54) is 12.1 Å². The summed E-state index contributed by atoms with van der Waals surface area (Å²) in [6, 6.07) is 6.38. The standard InChI is InChI=1S/C14H14BrFN2O/c1-8(2)12-6-9(3)17-14(18-12)19-13-7-10(16)4-5-11(13)15/h4-8H,1-3H3. The van der Waals surface area contributed by atoms with Crippen molar-refractivity contribution in [3.05, 3.63) is 45.9 Å². The number of hydrogen-bond donors (Lipinski definition) is 0. The van der Waals surface area contributed by atoms with Gasteiger partial charge in [0.25, 0.3) is 0 Å². The van der Waals surface area contributed by atoms with Crippen molar-refractivity contribution in [2.45, 2.75) is 26.7 Å². The molecule has 0 atom stereocenters. The van der Waals surface area contributed by atoms with Crippen molar-refractivity contribution < 1.29 is 9.13 Å². The van der Waals surface area contributed by atoms with Crippen LogP contribution in [0.5, 0.6) is 11.8 Å². The third-order valence-electron chi connectivity index (χ3n) is 2.54. The molecular weight excluding hydrogens is 311 g/mol. The summed E-state index contributed by atoms with van der Waals surface area (Å²) >= 11 is 3.31. The molecule has 1 heterocycles. The monoisotopic (exact) mass is 324 g/mol. The van der Waals surface area contributed by atoms with Crippen LogP contribution < -0.4 is 4.74 Å². The van der Waals surface area contributed by atoms with Crippen molar-refractivity contribution in [2.75, 3.05) is 0 Å². The molecule has 2 rings (SSSR count). The molecule has 0 unspecified atom stereocenters. The summed E-state index contributed by atoms with van der Waals surface area (Å²) in [5, 5.41) is 0. The summed E-state index contributed by atoms with van der Waals surface area (Å²) in [6.07, 6.45) is 0. The van der Waals surface area contributed by atoms with E-state index in [9.17, 15) is 4.39 Å². The first-order valence-electron chi connectivity index (χ1n) is 5.94. The molecule has 5 heteroatoms. The van der Waals surface area contributed by atoms with Crippen LogP contribution in [0.25, 0.3) is 0 Å². The van der Waals surface area contributed by atoms with Gasteiger partial charge in [0.15, 0.2) is 0 Å². The average Bonchev–Trinajstić information content (AvgIpc) is 2.33. The Morgan fingerprint density at radius 2 is 1.95 bits per heavy atom. The summed E-state index contributed by atoms with van der Waals surface area (Å²) in [5.41, 5.74) is 1.72. The van der Waals surface area contributed by atoms with Gasteiger partial charge in [0.05, 0.1) is 10.2 Å². The summed E-state index contributed by atoms with van der Waals surface area (Å²) < 4.78 is 19.4. The van der Waals surface area contributed by atoms with Crippen molar-refractivity contribution >= 4 is 15.9 Å². The number of nitrogens with zero attached hydrogens (tertiary/aromatic N) is 2. The van der Waals surface area contributed by atoms with Crippen LogP contribution in [0.4, 0.5) is 4.39 Å². The maximum atomic E-state index is 13.2. The van der Waals surface area contributed by atoms with Gasteiger partial charge in [-0.15, -0.1) is 0 Å². The van der Waals surface area contributed by atoms with E-state index >= 15 is 0 Å². The molecular formula is C14H14BrFN2O. The molecule has 0 N–H and O–H groups in total. The average molecular weight is 325 g/mol. The maximum absolute atomic E-state index is 13.2. The van der Waals surface area contributed by atoms with Gasteiger partial charge in [0.1, 0.15) is 11.6 Å². The van der Waals surface area contributed by atoms with Crippen LogP contribution in [-0.4, -0.2) is 9.97 Å². The Hall–Kier alpha value is -1.49. The van der Waals surface area contributed by atoms with Crippen molar-refractivity contribution in [3.8, 4) is 11.8 Å². The Kier molecular flexibility index (Phi) is 4.14. The molecule has 100 valence electrons. The maximum Gasteiger partial charge on any atom is 0.322 e. The number of aryl methyl sites for hydroxylation is 1. The van der Waals surface area contributed by atoms with E-state index in [2.05, 4.69) is 25.9 Å². The lowest BCUT2D eigenvalue weighted by atomic mass is 10.1. The highest BCUT2D eigenvalue weighted by molar-refractivity contribution is 9.10. The van der Waals surface area contributed by atoms with E-state index in [-0.39, 0.29) is 17.7 Å². The fourth-order valence-corrected chi connectivity index (χ4v) is 1.89. The molecule has 0 amide bonds. The van der Waals surface area contributed by atoms with Gasteiger partial charge in [-0.05, 0) is 47.0 Å². The van der Waals surface area contributed by atoms with Gasteiger partial charge < -0.3 is 4.74 Å². The lowest BCUT2D eigenvalue weighted by Gasteiger charge is -2.10. The molecule has 2 aromatic rings. The second-order valence-corrected chi connectivity index (χ2v) is 5.40. The fraction of sp³-hybridized carbons (Fsp3) is 0.286. The zero-order valence-electron chi connectivity index (χ0n) is 10.9. The molecule has 1 aromatic heterocycles. The molecule has 0 bridgehead atoms. The summed E-state index contributed by atoms with van der Waals surface area (Å²) in [7, 11) is 0. The van der Waals surface area contributed by atoms with Crippen molar-refractivity contribution in [2.24, 2.45) is 0 Å². The molecule has 3 nitrogen and oxygen atoms in total. The normalized spacial score (nSPS) is 10.8. The summed E-state index contributed by atoms with van der Waals surface area (Å²) in [6.45, 7) is 5.97. The SMILES string of the molecule is Cc1cc(C(C)C)nc(Oc2cc(F)ccc2Br)n1. The molecule has 0 aliphatic carbocycles. The minimum Gasteiger partial charge on any atom is -0.423 e. The van der Waals surface area contributed by atoms with Crippen LogP contribution >= 0.6 is 15.9 Å². The Morgan fingerprint density at radius 1 is 1.21 bits per heavy atom. The molecule has 19 heavy (non-hydrogen) atoms. The lowest BCUT2D eigenvalue weighted by molar-refractivity contribution is 0.430. The highest BCUT2D eigenvalue weighted by atomic mass is 79.9. The zero-order chi connectivity index (χ0) is 14.0. The van der Waals surface area contributed by atoms with E-state index in [1.54, 1.807) is 6.07 Å². The summed E-state index contributed by atoms with van der Waals surface area (Å²) in [5.74, 6) is 0.273. The van der Waals surface area contributed by atoms with E-state index in [0.717, 1.165) is 11.4 Å². The van der Waals surface area contributed by atoms with Gasteiger partial charge in [-0.2, -0.15) is 4.98 Å². The largest absolute Gasteiger partial charge is 0.423 e. The van der Waals surface area contributed by atoms with Crippen LogP contribution in [0.15, 0.2) is 28.7 Å². The van der Waals surface area contributed by atoms with Crippen LogP contribution in [-0.2, 0) is 0 Å². The number of benzene rings is 1. The fourth-order valence-electron chi connectivity index (χ4n) is 1.56. The van der Waals surface area contributed by atoms with E-state index in [1.807, 2.05) is 26.8 Å². The Morgan fingerprint density at radius 3 is 2.63 bits per heavy atom. The van der Waals surface area contributed by atoms with Crippen molar-refractivity contribution in [3.63, 3.8) is 0 Å². The Bertz CT molecular complexity index is 602. The summed E-state index contributed by atoms with van der Waals surface area (Å²) in [4.78, 5) is 8.53. The molecule has 0 radical (unpaired) electrons. The van der Waals surface area contributed by atoms with Crippen LogP contribution in [0.2, 0.25) is 0 Å².